The first-order valence-electron chi connectivity index (χ1n) is 12.6. The van der Waals surface area contributed by atoms with Crippen LogP contribution in [0.5, 0.6) is 0 Å². The van der Waals surface area contributed by atoms with Gasteiger partial charge in [0.1, 0.15) is 0 Å². The molecule has 0 spiro atoms. The maximum Gasteiger partial charge on any atom is 0.0224 e. The van der Waals surface area contributed by atoms with Crippen LogP contribution in [0.15, 0.2) is 109 Å². The van der Waals surface area contributed by atoms with E-state index in [1.54, 1.807) is 0 Å². The summed E-state index contributed by atoms with van der Waals surface area (Å²) >= 11 is 0. The van der Waals surface area contributed by atoms with E-state index in [1.807, 2.05) is 0 Å². The van der Waals surface area contributed by atoms with Gasteiger partial charge in [-0.2, -0.15) is 0 Å². The first-order chi connectivity index (χ1) is 16.8. The molecule has 2 atom stereocenters. The van der Waals surface area contributed by atoms with Crippen molar-refractivity contribution >= 4 is 0 Å². The molecule has 0 bridgehead atoms. The number of rotatable bonds is 8. The van der Waals surface area contributed by atoms with Crippen molar-refractivity contribution in [1.82, 2.24) is 10.6 Å². The van der Waals surface area contributed by atoms with E-state index in [4.69, 9.17) is 0 Å². The average Bonchev–Trinajstić information content (AvgIpc) is 2.93. The first kappa shape index (κ1) is 22.6. The summed E-state index contributed by atoms with van der Waals surface area (Å²) in [5.41, 5.74) is 7.80. The molecule has 1 aliphatic rings. The molecule has 1 fully saturated rings. The zero-order valence-corrected chi connectivity index (χ0v) is 19.8. The summed E-state index contributed by atoms with van der Waals surface area (Å²) in [5.74, 6) is 0. The smallest absolute Gasteiger partial charge is 0.0224 e. The van der Waals surface area contributed by atoms with Gasteiger partial charge < -0.3 is 10.6 Å². The van der Waals surface area contributed by atoms with E-state index in [9.17, 15) is 0 Å². The van der Waals surface area contributed by atoms with E-state index in [0.717, 1.165) is 13.1 Å². The molecule has 0 saturated heterocycles. The van der Waals surface area contributed by atoms with Crippen LogP contribution in [-0.2, 0) is 13.1 Å². The Balaban J connectivity index is 1.15. The predicted molar refractivity (Wildman–Crippen MR) is 143 cm³/mol. The van der Waals surface area contributed by atoms with Crippen molar-refractivity contribution in [2.24, 2.45) is 0 Å². The lowest BCUT2D eigenvalue weighted by atomic mass is 9.90. The third-order valence-electron chi connectivity index (χ3n) is 7.02. The van der Waals surface area contributed by atoms with Crippen LogP contribution in [0.3, 0.4) is 0 Å². The molecule has 2 N–H and O–H groups in total. The largest absolute Gasteiger partial charge is 0.308 e. The fourth-order valence-corrected chi connectivity index (χ4v) is 5.01. The van der Waals surface area contributed by atoms with E-state index < -0.39 is 0 Å². The van der Waals surface area contributed by atoms with Gasteiger partial charge in [-0.05, 0) is 46.2 Å². The molecule has 34 heavy (non-hydrogen) atoms. The van der Waals surface area contributed by atoms with Crippen molar-refractivity contribution in [3.05, 3.63) is 120 Å². The van der Waals surface area contributed by atoms with Gasteiger partial charge in [-0.15, -0.1) is 0 Å². The highest BCUT2D eigenvalue weighted by molar-refractivity contribution is 5.64. The van der Waals surface area contributed by atoms with E-state index in [0.29, 0.717) is 12.1 Å². The normalized spacial score (nSPS) is 18.0. The molecular weight excluding hydrogens is 412 g/mol. The first-order valence-corrected chi connectivity index (χ1v) is 12.6. The molecule has 0 aliphatic heterocycles. The van der Waals surface area contributed by atoms with Gasteiger partial charge in [0.25, 0.3) is 0 Å². The number of benzene rings is 4. The van der Waals surface area contributed by atoms with Crippen molar-refractivity contribution in [3.8, 4) is 22.3 Å². The van der Waals surface area contributed by atoms with Crippen molar-refractivity contribution in [3.63, 3.8) is 0 Å². The Morgan fingerprint density at radius 2 is 0.794 bits per heavy atom. The van der Waals surface area contributed by atoms with Crippen LogP contribution in [0.4, 0.5) is 0 Å². The van der Waals surface area contributed by atoms with Crippen molar-refractivity contribution < 1.29 is 0 Å². The highest BCUT2D eigenvalue weighted by Crippen LogP contribution is 2.23. The third-order valence-corrected chi connectivity index (χ3v) is 7.02. The molecule has 2 heteroatoms. The maximum absolute atomic E-state index is 3.85. The van der Waals surface area contributed by atoms with Gasteiger partial charge >= 0.3 is 0 Å². The van der Waals surface area contributed by atoms with E-state index in [1.165, 1.54) is 59.1 Å². The highest BCUT2D eigenvalue weighted by atomic mass is 15.0. The van der Waals surface area contributed by atoms with E-state index >= 15 is 0 Å². The predicted octanol–water partition coefficient (Wildman–Crippen LogP) is 7.21. The van der Waals surface area contributed by atoms with Crippen molar-refractivity contribution in [2.45, 2.75) is 50.9 Å². The van der Waals surface area contributed by atoms with Crippen LogP contribution in [-0.4, -0.2) is 12.1 Å². The molecule has 2 nitrogen and oxygen atoms in total. The number of hydrogen-bond donors (Lipinski definition) is 2. The zero-order valence-electron chi connectivity index (χ0n) is 19.8. The fourth-order valence-electron chi connectivity index (χ4n) is 5.01. The molecule has 0 aromatic heterocycles. The Labute approximate surface area is 204 Å². The molecule has 4 aromatic carbocycles. The average molecular weight is 447 g/mol. The second-order valence-electron chi connectivity index (χ2n) is 9.39. The summed E-state index contributed by atoms with van der Waals surface area (Å²) < 4.78 is 0. The Kier molecular flexibility index (Phi) is 7.50. The second kappa shape index (κ2) is 11.3. The summed E-state index contributed by atoms with van der Waals surface area (Å²) in [6, 6.07) is 40.2. The molecule has 5 rings (SSSR count). The SMILES string of the molecule is c1ccc(-c2ccc(CN[C@@H]3CCCC[C@H]3NCc3ccc(-c4ccccc4)cc3)cc2)cc1. The molecule has 0 radical (unpaired) electrons. The summed E-state index contributed by atoms with van der Waals surface area (Å²) in [4.78, 5) is 0. The van der Waals surface area contributed by atoms with Gasteiger partial charge in [0.05, 0.1) is 0 Å². The van der Waals surface area contributed by atoms with Gasteiger partial charge in [0.15, 0.2) is 0 Å². The molecular formula is C32H34N2. The van der Waals surface area contributed by atoms with E-state index in [2.05, 4.69) is 120 Å². The lowest BCUT2D eigenvalue weighted by molar-refractivity contribution is 0.281. The zero-order chi connectivity index (χ0) is 23.0. The minimum atomic E-state index is 0.520. The van der Waals surface area contributed by atoms with Crippen LogP contribution in [0, 0.1) is 0 Å². The van der Waals surface area contributed by atoms with Crippen LogP contribution in [0.1, 0.15) is 36.8 Å². The molecule has 4 aromatic rings. The highest BCUT2D eigenvalue weighted by Gasteiger charge is 2.24. The quantitative estimate of drug-likeness (QED) is 0.299. The molecule has 0 unspecified atom stereocenters. The topological polar surface area (TPSA) is 24.1 Å². The maximum atomic E-state index is 3.85. The standard InChI is InChI=1S/C32H34N2/c1-3-9-27(10-4-1)29-19-15-25(16-20-29)23-33-31-13-7-8-14-32(31)34-24-26-17-21-30(22-18-26)28-11-5-2-6-12-28/h1-6,9-12,15-22,31-34H,7-8,13-14,23-24H2/t31-,32-/m1/s1. The summed E-state index contributed by atoms with van der Waals surface area (Å²) in [6.45, 7) is 1.84. The van der Waals surface area contributed by atoms with Crippen molar-refractivity contribution in [1.29, 1.82) is 0 Å². The lowest BCUT2D eigenvalue weighted by Gasteiger charge is -2.33. The second-order valence-corrected chi connectivity index (χ2v) is 9.39. The van der Waals surface area contributed by atoms with Gasteiger partial charge in [-0.1, -0.05) is 122 Å². The monoisotopic (exact) mass is 446 g/mol. The molecule has 1 saturated carbocycles. The van der Waals surface area contributed by atoms with E-state index in [-0.39, 0.29) is 0 Å². The van der Waals surface area contributed by atoms with Gasteiger partial charge in [-0.3, -0.25) is 0 Å². The van der Waals surface area contributed by atoms with Gasteiger partial charge in [-0.25, -0.2) is 0 Å². The summed E-state index contributed by atoms with van der Waals surface area (Å²) in [5, 5.41) is 7.70. The van der Waals surface area contributed by atoms with Gasteiger partial charge in [0, 0.05) is 25.2 Å². The summed E-state index contributed by atoms with van der Waals surface area (Å²) in [7, 11) is 0. The Hall–Kier alpha value is -3.20. The number of hydrogen-bond acceptors (Lipinski definition) is 2. The molecule has 1 aliphatic carbocycles. The lowest BCUT2D eigenvalue weighted by Crippen LogP contribution is -2.49. The van der Waals surface area contributed by atoms with Crippen LogP contribution in [0.2, 0.25) is 0 Å². The molecule has 0 amide bonds. The molecule has 0 heterocycles. The minimum absolute atomic E-state index is 0.520. The number of nitrogens with one attached hydrogen (secondary N) is 2. The van der Waals surface area contributed by atoms with Gasteiger partial charge in [0.2, 0.25) is 0 Å². The fraction of sp³-hybridized carbons (Fsp3) is 0.250. The molecule has 172 valence electrons. The summed E-state index contributed by atoms with van der Waals surface area (Å²) in [6.07, 6.45) is 5.11. The van der Waals surface area contributed by atoms with Crippen LogP contribution >= 0.6 is 0 Å². The van der Waals surface area contributed by atoms with Crippen LogP contribution < -0.4 is 10.6 Å². The Bertz CT molecular complexity index is 1040. The third kappa shape index (κ3) is 5.83. The Morgan fingerprint density at radius 3 is 1.18 bits per heavy atom. The van der Waals surface area contributed by atoms with Crippen molar-refractivity contribution in [2.75, 3.05) is 0 Å². The minimum Gasteiger partial charge on any atom is -0.308 e. The Morgan fingerprint density at radius 1 is 0.441 bits per heavy atom. The van der Waals surface area contributed by atoms with Crippen LogP contribution in [0.25, 0.3) is 22.3 Å².